The lowest BCUT2D eigenvalue weighted by atomic mass is 10.4. The summed E-state index contributed by atoms with van der Waals surface area (Å²) in [7, 11) is -0.860. The van der Waals surface area contributed by atoms with Gasteiger partial charge in [0.15, 0.2) is 9.84 Å². The first kappa shape index (κ1) is 11.7. The SMILES string of the molecule is Cn1cccc1CN1CCC(S(C)(=O)=O)C1. The third-order valence-electron chi connectivity index (χ3n) is 3.27. The first-order chi connectivity index (χ1) is 7.47. The number of sulfone groups is 1. The second-order valence-electron chi connectivity index (χ2n) is 4.59. The van der Waals surface area contributed by atoms with Crippen LogP contribution in [0.3, 0.4) is 0 Å². The molecule has 90 valence electrons. The fourth-order valence-corrected chi connectivity index (χ4v) is 3.20. The van der Waals surface area contributed by atoms with Crippen LogP contribution in [0.25, 0.3) is 0 Å². The van der Waals surface area contributed by atoms with E-state index in [4.69, 9.17) is 0 Å². The number of hydrogen-bond acceptors (Lipinski definition) is 3. The molecule has 0 spiro atoms. The zero-order chi connectivity index (χ0) is 11.8. The highest BCUT2D eigenvalue weighted by Gasteiger charge is 2.29. The zero-order valence-corrected chi connectivity index (χ0v) is 10.6. The quantitative estimate of drug-likeness (QED) is 0.781. The van der Waals surface area contributed by atoms with Crippen molar-refractivity contribution in [2.75, 3.05) is 19.3 Å². The van der Waals surface area contributed by atoms with Gasteiger partial charge in [0.25, 0.3) is 0 Å². The summed E-state index contributed by atoms with van der Waals surface area (Å²) in [5.74, 6) is 0. The molecule has 0 N–H and O–H groups in total. The summed E-state index contributed by atoms with van der Waals surface area (Å²) in [4.78, 5) is 2.21. The Morgan fingerprint density at radius 2 is 2.25 bits per heavy atom. The number of rotatable bonds is 3. The van der Waals surface area contributed by atoms with Gasteiger partial charge in [-0.15, -0.1) is 0 Å². The van der Waals surface area contributed by atoms with E-state index >= 15 is 0 Å². The maximum atomic E-state index is 11.4. The molecule has 0 aliphatic carbocycles. The van der Waals surface area contributed by atoms with Gasteiger partial charge in [-0.1, -0.05) is 0 Å². The molecule has 1 aromatic heterocycles. The standard InChI is InChI=1S/C11H18N2O2S/c1-12-6-3-4-10(12)8-13-7-5-11(9-13)16(2,14)15/h3-4,6,11H,5,7-9H2,1-2H3. The Kier molecular flexibility index (Phi) is 3.08. The molecule has 2 heterocycles. The lowest BCUT2D eigenvalue weighted by Crippen LogP contribution is -2.26. The van der Waals surface area contributed by atoms with E-state index in [1.165, 1.54) is 11.9 Å². The third-order valence-corrected chi connectivity index (χ3v) is 4.87. The Bertz CT molecular complexity index is 464. The monoisotopic (exact) mass is 242 g/mol. The summed E-state index contributed by atoms with van der Waals surface area (Å²) < 4.78 is 24.9. The van der Waals surface area contributed by atoms with Crippen molar-refractivity contribution >= 4 is 9.84 Å². The molecular formula is C11H18N2O2S. The topological polar surface area (TPSA) is 42.3 Å². The Balaban J connectivity index is 1.98. The lowest BCUT2D eigenvalue weighted by molar-refractivity contribution is 0.323. The Labute approximate surface area is 96.8 Å². The summed E-state index contributed by atoms with van der Waals surface area (Å²) in [5.41, 5.74) is 1.23. The molecule has 0 bridgehead atoms. The molecular weight excluding hydrogens is 224 g/mol. The summed E-state index contributed by atoms with van der Waals surface area (Å²) in [6, 6.07) is 4.09. The molecule has 1 aliphatic rings. The van der Waals surface area contributed by atoms with Gasteiger partial charge in [0.2, 0.25) is 0 Å². The molecule has 0 amide bonds. The van der Waals surface area contributed by atoms with Crippen LogP contribution in [0.15, 0.2) is 18.3 Å². The van der Waals surface area contributed by atoms with Crippen LogP contribution in [-0.4, -0.2) is 42.5 Å². The van der Waals surface area contributed by atoms with Crippen LogP contribution in [0, 0.1) is 0 Å². The minimum atomic E-state index is -2.87. The van der Waals surface area contributed by atoms with Gasteiger partial charge in [0, 0.05) is 38.3 Å². The minimum Gasteiger partial charge on any atom is -0.353 e. The Morgan fingerprint density at radius 3 is 2.75 bits per heavy atom. The van der Waals surface area contributed by atoms with Gasteiger partial charge in [-0.3, -0.25) is 4.90 Å². The van der Waals surface area contributed by atoms with Crippen LogP contribution in [0.5, 0.6) is 0 Å². The fourth-order valence-electron chi connectivity index (χ4n) is 2.18. The molecule has 1 unspecified atom stereocenters. The second-order valence-corrected chi connectivity index (χ2v) is 6.91. The van der Waals surface area contributed by atoms with Gasteiger partial charge >= 0.3 is 0 Å². The van der Waals surface area contributed by atoms with Crippen molar-refractivity contribution in [3.05, 3.63) is 24.0 Å². The first-order valence-electron chi connectivity index (χ1n) is 5.48. The van der Waals surface area contributed by atoms with Gasteiger partial charge in [0.05, 0.1) is 5.25 Å². The Morgan fingerprint density at radius 1 is 1.50 bits per heavy atom. The molecule has 0 saturated carbocycles. The molecule has 2 rings (SSSR count). The molecule has 4 nitrogen and oxygen atoms in total. The summed E-state index contributed by atoms with van der Waals surface area (Å²) in [6.07, 6.45) is 4.12. The number of aryl methyl sites for hydroxylation is 1. The first-order valence-corrected chi connectivity index (χ1v) is 7.43. The minimum absolute atomic E-state index is 0.173. The number of aromatic nitrogens is 1. The van der Waals surface area contributed by atoms with E-state index in [2.05, 4.69) is 15.5 Å². The lowest BCUT2D eigenvalue weighted by Gasteiger charge is -2.15. The predicted octanol–water partition coefficient (Wildman–Crippen LogP) is 0.644. The van der Waals surface area contributed by atoms with Gasteiger partial charge in [-0.2, -0.15) is 0 Å². The molecule has 0 aromatic carbocycles. The van der Waals surface area contributed by atoms with Crippen molar-refractivity contribution in [3.8, 4) is 0 Å². The van der Waals surface area contributed by atoms with E-state index in [9.17, 15) is 8.42 Å². The van der Waals surface area contributed by atoms with E-state index in [1.807, 2.05) is 19.3 Å². The van der Waals surface area contributed by atoms with E-state index in [0.717, 1.165) is 19.5 Å². The van der Waals surface area contributed by atoms with E-state index in [-0.39, 0.29) is 5.25 Å². The molecule has 1 saturated heterocycles. The predicted molar refractivity (Wildman–Crippen MR) is 63.9 cm³/mol. The maximum absolute atomic E-state index is 11.4. The zero-order valence-electron chi connectivity index (χ0n) is 9.76. The van der Waals surface area contributed by atoms with Gasteiger partial charge in [-0.25, -0.2) is 8.42 Å². The molecule has 0 radical (unpaired) electrons. The van der Waals surface area contributed by atoms with Crippen molar-refractivity contribution in [3.63, 3.8) is 0 Å². The number of nitrogens with zero attached hydrogens (tertiary/aromatic N) is 2. The highest BCUT2D eigenvalue weighted by Crippen LogP contribution is 2.18. The van der Waals surface area contributed by atoms with Crippen LogP contribution in [-0.2, 0) is 23.4 Å². The normalized spacial score (nSPS) is 22.8. The van der Waals surface area contributed by atoms with Crippen LogP contribution in [0.1, 0.15) is 12.1 Å². The van der Waals surface area contributed by atoms with Crippen LogP contribution < -0.4 is 0 Å². The third kappa shape index (κ3) is 2.47. The average Bonchev–Trinajstić information content (AvgIpc) is 2.76. The van der Waals surface area contributed by atoms with Crippen molar-refractivity contribution in [2.24, 2.45) is 7.05 Å². The van der Waals surface area contributed by atoms with Crippen molar-refractivity contribution in [1.29, 1.82) is 0 Å². The fraction of sp³-hybridized carbons (Fsp3) is 0.636. The van der Waals surface area contributed by atoms with E-state index < -0.39 is 9.84 Å². The Hall–Kier alpha value is -0.810. The molecule has 1 fully saturated rings. The smallest absolute Gasteiger partial charge is 0.151 e. The molecule has 1 aromatic rings. The molecule has 16 heavy (non-hydrogen) atoms. The van der Waals surface area contributed by atoms with Crippen LogP contribution >= 0.6 is 0 Å². The molecule has 5 heteroatoms. The number of hydrogen-bond donors (Lipinski definition) is 0. The second kappa shape index (κ2) is 4.22. The van der Waals surface area contributed by atoms with Crippen LogP contribution in [0.4, 0.5) is 0 Å². The summed E-state index contributed by atoms with van der Waals surface area (Å²) in [5, 5.41) is -0.173. The number of likely N-dealkylation sites (tertiary alicyclic amines) is 1. The van der Waals surface area contributed by atoms with Crippen molar-refractivity contribution in [1.82, 2.24) is 9.47 Å². The molecule has 1 atom stereocenters. The van der Waals surface area contributed by atoms with Crippen molar-refractivity contribution in [2.45, 2.75) is 18.2 Å². The summed E-state index contributed by atoms with van der Waals surface area (Å²) in [6.45, 7) is 2.39. The van der Waals surface area contributed by atoms with Crippen molar-refractivity contribution < 1.29 is 8.42 Å². The van der Waals surface area contributed by atoms with Gasteiger partial charge in [0.1, 0.15) is 0 Å². The van der Waals surface area contributed by atoms with Gasteiger partial charge < -0.3 is 4.57 Å². The van der Waals surface area contributed by atoms with E-state index in [1.54, 1.807) is 0 Å². The van der Waals surface area contributed by atoms with Gasteiger partial charge in [-0.05, 0) is 25.1 Å². The highest BCUT2D eigenvalue weighted by atomic mass is 32.2. The van der Waals surface area contributed by atoms with Crippen LogP contribution in [0.2, 0.25) is 0 Å². The largest absolute Gasteiger partial charge is 0.353 e. The average molecular weight is 242 g/mol. The maximum Gasteiger partial charge on any atom is 0.151 e. The summed E-state index contributed by atoms with van der Waals surface area (Å²) >= 11 is 0. The van der Waals surface area contributed by atoms with E-state index in [0.29, 0.717) is 6.54 Å². The highest BCUT2D eigenvalue weighted by molar-refractivity contribution is 7.91. The molecule has 1 aliphatic heterocycles.